The third-order valence-electron chi connectivity index (χ3n) is 3.34. The number of nitrogens with two attached hydrogens (primary N) is 1. The summed E-state index contributed by atoms with van der Waals surface area (Å²) in [7, 11) is 0. The number of rotatable bonds is 7. The predicted octanol–water partition coefficient (Wildman–Crippen LogP) is 2.40. The van der Waals surface area contributed by atoms with E-state index in [1.54, 1.807) is 12.1 Å². The fourth-order valence-corrected chi connectivity index (χ4v) is 2.20. The van der Waals surface area contributed by atoms with Gasteiger partial charge in [0.2, 0.25) is 5.91 Å². The van der Waals surface area contributed by atoms with Crippen LogP contribution in [0.15, 0.2) is 53.5 Å². The van der Waals surface area contributed by atoms with E-state index in [1.807, 2.05) is 18.2 Å². The van der Waals surface area contributed by atoms with Crippen LogP contribution < -0.4 is 5.73 Å². The van der Waals surface area contributed by atoms with E-state index in [4.69, 9.17) is 5.73 Å². The Morgan fingerprint density at radius 2 is 1.92 bits per heavy atom. The third-order valence-corrected chi connectivity index (χ3v) is 3.34. The zero-order chi connectivity index (χ0) is 17.5. The molecule has 24 heavy (non-hydrogen) atoms. The van der Waals surface area contributed by atoms with Gasteiger partial charge in [-0.2, -0.15) is 0 Å². The summed E-state index contributed by atoms with van der Waals surface area (Å²) in [5.74, 6) is -0.511. The van der Waals surface area contributed by atoms with Crippen LogP contribution >= 0.6 is 0 Å². The van der Waals surface area contributed by atoms with E-state index in [2.05, 4.69) is 4.99 Å². The molecule has 0 bridgehead atoms. The number of phenols is 1. The van der Waals surface area contributed by atoms with E-state index in [0.717, 1.165) is 0 Å². The summed E-state index contributed by atoms with van der Waals surface area (Å²) >= 11 is 0. The molecule has 1 amide bonds. The first-order chi connectivity index (χ1) is 11.5. The highest BCUT2D eigenvalue weighted by atomic mass is 16.6. The lowest BCUT2D eigenvalue weighted by Crippen LogP contribution is -2.11. The minimum atomic E-state index is -0.529. The van der Waals surface area contributed by atoms with Crippen molar-refractivity contribution in [3.05, 3.63) is 69.8 Å². The van der Waals surface area contributed by atoms with Crippen molar-refractivity contribution in [2.75, 3.05) is 6.54 Å². The van der Waals surface area contributed by atoms with E-state index in [0.29, 0.717) is 24.2 Å². The summed E-state index contributed by atoms with van der Waals surface area (Å²) in [4.78, 5) is 25.7. The van der Waals surface area contributed by atoms with Gasteiger partial charge in [0.15, 0.2) is 0 Å². The van der Waals surface area contributed by atoms with Crippen molar-refractivity contribution in [1.29, 1.82) is 0 Å². The SMILES string of the molecule is NC(=O)CCCN=C(c1ccccc1)c1cc([N+](=O)[O-])ccc1O. The molecule has 0 fully saturated rings. The van der Waals surface area contributed by atoms with Crippen LogP contribution in [0.2, 0.25) is 0 Å². The van der Waals surface area contributed by atoms with Crippen LogP contribution in [-0.2, 0) is 4.79 Å². The number of aliphatic imine (C=N–C) groups is 1. The van der Waals surface area contributed by atoms with Gasteiger partial charge in [-0.15, -0.1) is 0 Å². The number of benzene rings is 2. The number of hydrogen-bond donors (Lipinski definition) is 2. The largest absolute Gasteiger partial charge is 0.507 e. The number of nitro benzene ring substituents is 1. The maximum Gasteiger partial charge on any atom is 0.270 e. The van der Waals surface area contributed by atoms with Gasteiger partial charge >= 0.3 is 0 Å². The van der Waals surface area contributed by atoms with Gasteiger partial charge in [0.25, 0.3) is 5.69 Å². The predicted molar refractivity (Wildman–Crippen MR) is 90.1 cm³/mol. The lowest BCUT2D eigenvalue weighted by Gasteiger charge is -2.09. The molecule has 0 aliphatic heterocycles. The first-order valence-electron chi connectivity index (χ1n) is 7.35. The van der Waals surface area contributed by atoms with Crippen LogP contribution in [0.25, 0.3) is 0 Å². The summed E-state index contributed by atoms with van der Waals surface area (Å²) in [5, 5.41) is 21.1. The Hall–Kier alpha value is -3.22. The number of phenolic OH excluding ortho intramolecular Hbond substituents is 1. The van der Waals surface area contributed by atoms with Gasteiger partial charge in [0.1, 0.15) is 5.75 Å². The summed E-state index contributed by atoms with van der Waals surface area (Å²) in [6, 6.07) is 12.8. The quantitative estimate of drug-likeness (QED) is 0.351. The molecule has 2 aromatic rings. The molecule has 0 radical (unpaired) electrons. The molecular formula is C17H17N3O4. The van der Waals surface area contributed by atoms with Crippen LogP contribution in [0.5, 0.6) is 5.75 Å². The zero-order valence-corrected chi connectivity index (χ0v) is 12.9. The molecule has 0 saturated carbocycles. The van der Waals surface area contributed by atoms with Crippen molar-refractivity contribution in [3.63, 3.8) is 0 Å². The highest BCUT2D eigenvalue weighted by Crippen LogP contribution is 2.26. The van der Waals surface area contributed by atoms with Crippen molar-refractivity contribution >= 4 is 17.3 Å². The fourth-order valence-electron chi connectivity index (χ4n) is 2.20. The molecule has 3 N–H and O–H groups in total. The fraction of sp³-hybridized carbons (Fsp3) is 0.176. The summed E-state index contributed by atoms with van der Waals surface area (Å²) in [5.41, 5.74) is 6.39. The highest BCUT2D eigenvalue weighted by Gasteiger charge is 2.16. The van der Waals surface area contributed by atoms with Gasteiger partial charge in [-0.25, -0.2) is 0 Å². The van der Waals surface area contributed by atoms with Crippen molar-refractivity contribution in [3.8, 4) is 5.75 Å². The molecule has 0 aliphatic carbocycles. The van der Waals surface area contributed by atoms with Crippen molar-refractivity contribution in [2.24, 2.45) is 10.7 Å². The van der Waals surface area contributed by atoms with Crippen LogP contribution in [-0.4, -0.2) is 28.2 Å². The van der Waals surface area contributed by atoms with Crippen LogP contribution in [0.4, 0.5) is 5.69 Å². The Bertz CT molecular complexity index is 773. The van der Waals surface area contributed by atoms with E-state index in [1.165, 1.54) is 18.2 Å². The number of primary amides is 1. The van der Waals surface area contributed by atoms with Gasteiger partial charge in [-0.05, 0) is 12.5 Å². The molecule has 2 aromatic carbocycles. The molecule has 0 saturated heterocycles. The smallest absolute Gasteiger partial charge is 0.270 e. The molecule has 0 spiro atoms. The maximum atomic E-state index is 11.0. The molecule has 0 aromatic heterocycles. The minimum Gasteiger partial charge on any atom is -0.507 e. The average Bonchev–Trinajstić information content (AvgIpc) is 2.56. The molecule has 0 heterocycles. The van der Waals surface area contributed by atoms with Crippen LogP contribution in [0.1, 0.15) is 24.0 Å². The number of carbonyl (C=O) groups excluding carboxylic acids is 1. The third kappa shape index (κ3) is 4.39. The van der Waals surface area contributed by atoms with E-state index < -0.39 is 10.8 Å². The standard InChI is InChI=1S/C17H17N3O4/c18-16(22)7-4-10-19-17(12-5-2-1-3-6-12)14-11-13(20(23)24)8-9-15(14)21/h1-3,5-6,8-9,11,21H,4,7,10H2,(H2,18,22). The Kier molecular flexibility index (Phi) is 5.62. The average molecular weight is 327 g/mol. The lowest BCUT2D eigenvalue weighted by molar-refractivity contribution is -0.384. The van der Waals surface area contributed by atoms with Crippen molar-refractivity contribution in [1.82, 2.24) is 0 Å². The molecular weight excluding hydrogens is 310 g/mol. The van der Waals surface area contributed by atoms with E-state index >= 15 is 0 Å². The number of carbonyl (C=O) groups is 1. The van der Waals surface area contributed by atoms with E-state index in [9.17, 15) is 20.0 Å². The molecule has 7 nitrogen and oxygen atoms in total. The van der Waals surface area contributed by atoms with Crippen molar-refractivity contribution < 1.29 is 14.8 Å². The first-order valence-corrected chi connectivity index (χ1v) is 7.35. The normalized spacial score (nSPS) is 11.2. The Labute approximate surface area is 138 Å². The number of hydrogen-bond acceptors (Lipinski definition) is 5. The van der Waals surface area contributed by atoms with Gasteiger partial charge in [0, 0.05) is 36.2 Å². The Morgan fingerprint density at radius 1 is 1.21 bits per heavy atom. The number of non-ortho nitro benzene ring substituents is 1. The topological polar surface area (TPSA) is 119 Å². The van der Waals surface area contributed by atoms with Gasteiger partial charge in [-0.3, -0.25) is 19.9 Å². The minimum absolute atomic E-state index is 0.0990. The first kappa shape index (κ1) is 17.1. The lowest BCUT2D eigenvalue weighted by atomic mass is 10.0. The second-order valence-corrected chi connectivity index (χ2v) is 5.12. The van der Waals surface area contributed by atoms with Gasteiger partial charge in [-0.1, -0.05) is 30.3 Å². The zero-order valence-electron chi connectivity index (χ0n) is 12.9. The monoisotopic (exact) mass is 327 g/mol. The second-order valence-electron chi connectivity index (χ2n) is 5.12. The van der Waals surface area contributed by atoms with Gasteiger partial charge < -0.3 is 10.8 Å². The second kappa shape index (κ2) is 7.87. The van der Waals surface area contributed by atoms with Gasteiger partial charge in [0.05, 0.1) is 10.6 Å². The van der Waals surface area contributed by atoms with Crippen LogP contribution in [0, 0.1) is 10.1 Å². The molecule has 0 unspecified atom stereocenters. The van der Waals surface area contributed by atoms with E-state index in [-0.39, 0.29) is 23.4 Å². The molecule has 0 aliphatic rings. The Balaban J connectivity index is 2.43. The molecule has 0 atom stereocenters. The molecule has 2 rings (SSSR count). The van der Waals surface area contributed by atoms with Crippen molar-refractivity contribution in [2.45, 2.75) is 12.8 Å². The summed E-state index contributed by atoms with van der Waals surface area (Å²) in [6.07, 6.45) is 0.661. The summed E-state index contributed by atoms with van der Waals surface area (Å²) < 4.78 is 0. The molecule has 124 valence electrons. The van der Waals surface area contributed by atoms with Crippen LogP contribution in [0.3, 0.4) is 0 Å². The molecule has 7 heteroatoms. The number of nitrogens with zero attached hydrogens (tertiary/aromatic N) is 2. The highest BCUT2D eigenvalue weighted by molar-refractivity contribution is 6.14. The summed E-state index contributed by atoms with van der Waals surface area (Å²) in [6.45, 7) is 0.315. The Morgan fingerprint density at radius 3 is 2.54 bits per heavy atom. The maximum absolute atomic E-state index is 11.0. The number of aromatic hydroxyl groups is 1. The number of nitro groups is 1. The number of amides is 1.